The lowest BCUT2D eigenvalue weighted by Gasteiger charge is -2.05. The highest BCUT2D eigenvalue weighted by molar-refractivity contribution is 5.70. The molecule has 4 nitrogen and oxygen atoms in total. The van der Waals surface area contributed by atoms with Gasteiger partial charge in [0, 0.05) is 0 Å². The van der Waals surface area contributed by atoms with Gasteiger partial charge in [-0.1, -0.05) is 12.1 Å². The summed E-state index contributed by atoms with van der Waals surface area (Å²) >= 11 is 0. The number of esters is 1. The first kappa shape index (κ1) is 12.5. The SMILES string of the molecule is COC(=O)COCCc1cccc(OC)c1. The molecule has 0 aliphatic carbocycles. The van der Waals surface area contributed by atoms with Crippen molar-refractivity contribution in [2.45, 2.75) is 6.42 Å². The first-order chi connectivity index (χ1) is 7.76. The molecule has 0 aromatic heterocycles. The van der Waals surface area contributed by atoms with Crippen LogP contribution in [0.3, 0.4) is 0 Å². The summed E-state index contributed by atoms with van der Waals surface area (Å²) in [6, 6.07) is 7.75. The third-order valence-corrected chi connectivity index (χ3v) is 2.12. The van der Waals surface area contributed by atoms with E-state index in [4.69, 9.17) is 9.47 Å². The van der Waals surface area contributed by atoms with Crippen molar-refractivity contribution in [2.24, 2.45) is 0 Å². The fourth-order valence-corrected chi connectivity index (χ4v) is 1.23. The molecule has 88 valence electrons. The maximum Gasteiger partial charge on any atom is 0.331 e. The molecule has 0 aliphatic rings. The Labute approximate surface area is 95.1 Å². The Bertz CT molecular complexity index is 336. The van der Waals surface area contributed by atoms with Crippen molar-refractivity contribution in [3.8, 4) is 5.75 Å². The van der Waals surface area contributed by atoms with Gasteiger partial charge in [0.1, 0.15) is 12.4 Å². The molecule has 0 aliphatic heterocycles. The third-order valence-electron chi connectivity index (χ3n) is 2.12. The van der Waals surface area contributed by atoms with Gasteiger partial charge in [-0.25, -0.2) is 4.79 Å². The molecule has 0 atom stereocenters. The van der Waals surface area contributed by atoms with Gasteiger partial charge in [-0.2, -0.15) is 0 Å². The van der Waals surface area contributed by atoms with Crippen LogP contribution in [-0.2, 0) is 20.7 Å². The number of carbonyl (C=O) groups is 1. The predicted octanol–water partition coefficient (Wildman–Crippen LogP) is 1.43. The van der Waals surface area contributed by atoms with Gasteiger partial charge in [0.15, 0.2) is 0 Å². The molecule has 1 aromatic rings. The molecule has 0 unspecified atom stereocenters. The van der Waals surface area contributed by atoms with E-state index in [1.165, 1.54) is 7.11 Å². The van der Waals surface area contributed by atoms with Crippen LogP contribution in [0.5, 0.6) is 5.75 Å². The van der Waals surface area contributed by atoms with E-state index in [0.29, 0.717) is 6.61 Å². The van der Waals surface area contributed by atoms with Crippen LogP contribution < -0.4 is 4.74 Å². The summed E-state index contributed by atoms with van der Waals surface area (Å²) in [7, 11) is 2.97. The van der Waals surface area contributed by atoms with Crippen LogP contribution in [0, 0.1) is 0 Å². The zero-order chi connectivity index (χ0) is 11.8. The highest BCUT2D eigenvalue weighted by Gasteiger charge is 2.00. The molecular weight excluding hydrogens is 208 g/mol. The summed E-state index contributed by atoms with van der Waals surface area (Å²) in [5.74, 6) is 0.469. The molecule has 1 aromatic carbocycles. The van der Waals surface area contributed by atoms with Crippen LogP contribution in [0.1, 0.15) is 5.56 Å². The first-order valence-electron chi connectivity index (χ1n) is 5.03. The van der Waals surface area contributed by atoms with E-state index in [9.17, 15) is 4.79 Å². The van der Waals surface area contributed by atoms with Crippen molar-refractivity contribution in [1.29, 1.82) is 0 Å². The van der Waals surface area contributed by atoms with Crippen molar-refractivity contribution in [1.82, 2.24) is 0 Å². The van der Waals surface area contributed by atoms with Crippen LogP contribution >= 0.6 is 0 Å². The molecule has 4 heteroatoms. The van der Waals surface area contributed by atoms with Crippen LogP contribution in [0.4, 0.5) is 0 Å². The number of benzene rings is 1. The molecule has 0 fully saturated rings. The number of hydrogen-bond donors (Lipinski definition) is 0. The van der Waals surface area contributed by atoms with Crippen molar-refractivity contribution in [3.63, 3.8) is 0 Å². The van der Waals surface area contributed by atoms with Crippen LogP contribution in [0.25, 0.3) is 0 Å². The normalized spacial score (nSPS) is 9.88. The minimum atomic E-state index is -0.356. The second-order valence-corrected chi connectivity index (χ2v) is 3.23. The smallest absolute Gasteiger partial charge is 0.331 e. The van der Waals surface area contributed by atoms with E-state index in [0.717, 1.165) is 17.7 Å². The van der Waals surface area contributed by atoms with E-state index >= 15 is 0 Å². The van der Waals surface area contributed by atoms with E-state index < -0.39 is 0 Å². The molecule has 0 N–H and O–H groups in total. The van der Waals surface area contributed by atoms with E-state index in [1.807, 2.05) is 24.3 Å². The van der Waals surface area contributed by atoms with Gasteiger partial charge in [-0.05, 0) is 24.1 Å². The zero-order valence-electron chi connectivity index (χ0n) is 9.56. The predicted molar refractivity (Wildman–Crippen MR) is 59.5 cm³/mol. The Kier molecular flexibility index (Phi) is 5.36. The van der Waals surface area contributed by atoms with Gasteiger partial charge in [0.25, 0.3) is 0 Å². The summed E-state index contributed by atoms with van der Waals surface area (Å²) in [6.45, 7) is 0.489. The Morgan fingerprint density at radius 2 is 2.12 bits per heavy atom. The Balaban J connectivity index is 2.28. The number of rotatable bonds is 6. The summed E-state index contributed by atoms with van der Waals surface area (Å²) in [5.41, 5.74) is 1.12. The monoisotopic (exact) mass is 224 g/mol. The minimum Gasteiger partial charge on any atom is -0.497 e. The minimum absolute atomic E-state index is 0.000465. The second-order valence-electron chi connectivity index (χ2n) is 3.23. The average molecular weight is 224 g/mol. The van der Waals surface area contributed by atoms with Gasteiger partial charge < -0.3 is 14.2 Å². The molecule has 0 bridgehead atoms. The lowest BCUT2D eigenvalue weighted by atomic mass is 10.1. The first-order valence-corrected chi connectivity index (χ1v) is 5.03. The highest BCUT2D eigenvalue weighted by atomic mass is 16.6. The van der Waals surface area contributed by atoms with E-state index in [-0.39, 0.29) is 12.6 Å². The average Bonchev–Trinajstić information content (AvgIpc) is 2.34. The fourth-order valence-electron chi connectivity index (χ4n) is 1.23. The Morgan fingerprint density at radius 1 is 1.31 bits per heavy atom. The Morgan fingerprint density at radius 3 is 2.81 bits per heavy atom. The van der Waals surface area contributed by atoms with Gasteiger partial charge in [-0.15, -0.1) is 0 Å². The zero-order valence-corrected chi connectivity index (χ0v) is 9.56. The summed E-state index contributed by atoms with van der Waals surface area (Å²) in [5, 5.41) is 0. The molecule has 0 amide bonds. The van der Waals surface area contributed by atoms with Crippen molar-refractivity contribution < 1.29 is 19.0 Å². The van der Waals surface area contributed by atoms with Crippen molar-refractivity contribution >= 4 is 5.97 Å². The van der Waals surface area contributed by atoms with Gasteiger partial charge in [-0.3, -0.25) is 0 Å². The maximum atomic E-state index is 10.8. The van der Waals surface area contributed by atoms with Crippen LogP contribution in [-0.4, -0.2) is 33.4 Å². The van der Waals surface area contributed by atoms with Gasteiger partial charge >= 0.3 is 5.97 Å². The molecular formula is C12H16O4. The number of methoxy groups -OCH3 is 2. The van der Waals surface area contributed by atoms with Crippen LogP contribution in [0.15, 0.2) is 24.3 Å². The number of carbonyl (C=O) groups excluding carboxylic acids is 1. The largest absolute Gasteiger partial charge is 0.497 e. The van der Waals surface area contributed by atoms with Crippen LogP contribution in [0.2, 0.25) is 0 Å². The lowest BCUT2D eigenvalue weighted by molar-refractivity contribution is -0.145. The highest BCUT2D eigenvalue weighted by Crippen LogP contribution is 2.12. The molecule has 16 heavy (non-hydrogen) atoms. The molecule has 1 rings (SSSR count). The number of hydrogen-bond acceptors (Lipinski definition) is 4. The molecule has 0 radical (unpaired) electrons. The maximum absolute atomic E-state index is 10.8. The molecule has 0 heterocycles. The second kappa shape index (κ2) is 6.85. The molecule has 0 saturated carbocycles. The molecule has 0 spiro atoms. The Hall–Kier alpha value is -1.55. The summed E-state index contributed by atoms with van der Waals surface area (Å²) in [4.78, 5) is 10.8. The topological polar surface area (TPSA) is 44.8 Å². The lowest BCUT2D eigenvalue weighted by Crippen LogP contribution is -2.11. The summed E-state index contributed by atoms with van der Waals surface area (Å²) in [6.07, 6.45) is 0.744. The van der Waals surface area contributed by atoms with Gasteiger partial charge in [0.05, 0.1) is 20.8 Å². The fraction of sp³-hybridized carbons (Fsp3) is 0.417. The quantitative estimate of drug-likeness (QED) is 0.541. The standard InChI is InChI=1S/C12H16O4/c1-14-11-5-3-4-10(8-11)6-7-16-9-12(13)15-2/h3-5,8H,6-7,9H2,1-2H3. The van der Waals surface area contributed by atoms with Gasteiger partial charge in [0.2, 0.25) is 0 Å². The van der Waals surface area contributed by atoms with Crippen molar-refractivity contribution in [3.05, 3.63) is 29.8 Å². The van der Waals surface area contributed by atoms with Crippen molar-refractivity contribution in [2.75, 3.05) is 27.4 Å². The van der Waals surface area contributed by atoms with E-state index in [2.05, 4.69) is 4.74 Å². The van der Waals surface area contributed by atoms with E-state index in [1.54, 1.807) is 7.11 Å². The third kappa shape index (κ3) is 4.31. The molecule has 0 saturated heterocycles. The summed E-state index contributed by atoms with van der Waals surface area (Å²) < 4.78 is 14.7. The number of ether oxygens (including phenoxy) is 3.